The maximum Gasteiger partial charge on any atom is 0.274 e. The third-order valence-electron chi connectivity index (χ3n) is 4.98. The number of hydrogen-bond donors (Lipinski definition) is 0. The zero-order valence-corrected chi connectivity index (χ0v) is 16.3. The molecular formula is C20H23N5O3. The van der Waals surface area contributed by atoms with Crippen LogP contribution in [0.5, 0.6) is 0 Å². The lowest BCUT2D eigenvalue weighted by atomic mass is 10.1. The molecule has 1 aliphatic rings. The van der Waals surface area contributed by atoms with Crippen LogP contribution in [0, 0.1) is 12.8 Å². The van der Waals surface area contributed by atoms with E-state index in [2.05, 4.69) is 15.2 Å². The van der Waals surface area contributed by atoms with E-state index in [0.717, 1.165) is 6.42 Å². The van der Waals surface area contributed by atoms with Gasteiger partial charge in [0.15, 0.2) is 11.5 Å². The second-order valence-corrected chi connectivity index (χ2v) is 7.69. The molecule has 0 bridgehead atoms. The summed E-state index contributed by atoms with van der Waals surface area (Å²) in [6.07, 6.45) is 0.761. The molecule has 8 heteroatoms. The molecule has 8 nitrogen and oxygen atoms in total. The van der Waals surface area contributed by atoms with Crippen LogP contribution < -0.4 is 5.56 Å². The van der Waals surface area contributed by atoms with Crippen molar-refractivity contribution >= 4 is 16.7 Å². The summed E-state index contributed by atoms with van der Waals surface area (Å²) in [5, 5.41) is 9.40. The highest BCUT2D eigenvalue weighted by molar-refractivity contribution is 6.04. The normalized spacial score (nSPS) is 17.0. The number of rotatable bonds is 4. The fourth-order valence-corrected chi connectivity index (χ4v) is 3.64. The Labute approximate surface area is 162 Å². The van der Waals surface area contributed by atoms with Crippen molar-refractivity contribution in [1.29, 1.82) is 0 Å². The van der Waals surface area contributed by atoms with E-state index in [1.165, 1.54) is 4.68 Å². The van der Waals surface area contributed by atoms with E-state index in [1.54, 1.807) is 24.0 Å². The van der Waals surface area contributed by atoms with Gasteiger partial charge in [0.2, 0.25) is 5.89 Å². The molecule has 3 heterocycles. The van der Waals surface area contributed by atoms with E-state index in [0.29, 0.717) is 47.8 Å². The molecule has 146 valence electrons. The maximum atomic E-state index is 13.3. The van der Waals surface area contributed by atoms with E-state index < -0.39 is 0 Å². The average molecular weight is 381 g/mol. The van der Waals surface area contributed by atoms with Crippen molar-refractivity contribution in [2.75, 3.05) is 13.1 Å². The van der Waals surface area contributed by atoms with Crippen LogP contribution in [-0.4, -0.2) is 43.8 Å². The number of aryl methyl sites for hydroxylation is 1. The lowest BCUT2D eigenvalue weighted by Gasteiger charge is -2.18. The summed E-state index contributed by atoms with van der Waals surface area (Å²) >= 11 is 0. The predicted octanol–water partition coefficient (Wildman–Crippen LogP) is 2.37. The second-order valence-electron chi connectivity index (χ2n) is 7.69. The van der Waals surface area contributed by atoms with Crippen molar-refractivity contribution in [3.63, 3.8) is 0 Å². The minimum Gasteiger partial charge on any atom is -0.339 e. The molecule has 2 aromatic heterocycles. The number of nitrogens with zero attached hydrogens (tertiary/aromatic N) is 5. The molecule has 1 atom stereocenters. The Kier molecular flexibility index (Phi) is 4.70. The van der Waals surface area contributed by atoms with E-state index in [9.17, 15) is 9.59 Å². The molecule has 1 unspecified atom stereocenters. The van der Waals surface area contributed by atoms with Gasteiger partial charge in [-0.2, -0.15) is 10.1 Å². The van der Waals surface area contributed by atoms with Crippen LogP contribution in [0.3, 0.4) is 0 Å². The molecule has 1 amide bonds. The van der Waals surface area contributed by atoms with Gasteiger partial charge in [0, 0.05) is 25.0 Å². The Morgan fingerprint density at radius 3 is 2.71 bits per heavy atom. The molecule has 4 rings (SSSR count). The molecular weight excluding hydrogens is 358 g/mol. The highest BCUT2D eigenvalue weighted by Crippen LogP contribution is 2.27. The fraction of sp³-hybridized carbons (Fsp3) is 0.450. The number of amides is 1. The lowest BCUT2D eigenvalue weighted by Crippen LogP contribution is -2.33. The minimum atomic E-state index is -0.174. The first-order valence-electron chi connectivity index (χ1n) is 9.53. The summed E-state index contributed by atoms with van der Waals surface area (Å²) in [7, 11) is 0. The first-order chi connectivity index (χ1) is 13.4. The van der Waals surface area contributed by atoms with Gasteiger partial charge in [-0.1, -0.05) is 37.2 Å². The smallest absolute Gasteiger partial charge is 0.274 e. The van der Waals surface area contributed by atoms with Crippen LogP contribution in [0.25, 0.3) is 10.8 Å². The second kappa shape index (κ2) is 7.18. The Morgan fingerprint density at radius 2 is 2.04 bits per heavy atom. The van der Waals surface area contributed by atoms with Crippen molar-refractivity contribution in [2.24, 2.45) is 5.92 Å². The number of carbonyl (C=O) groups excluding carboxylic acids is 1. The topological polar surface area (TPSA) is 94.1 Å². The van der Waals surface area contributed by atoms with Crippen molar-refractivity contribution < 1.29 is 9.32 Å². The van der Waals surface area contributed by atoms with Gasteiger partial charge in [-0.05, 0) is 25.3 Å². The third kappa shape index (κ3) is 3.30. The Morgan fingerprint density at radius 1 is 1.29 bits per heavy atom. The zero-order chi connectivity index (χ0) is 19.8. The van der Waals surface area contributed by atoms with Crippen LogP contribution in [0.15, 0.2) is 33.6 Å². The average Bonchev–Trinajstić information content (AvgIpc) is 3.32. The van der Waals surface area contributed by atoms with Gasteiger partial charge in [-0.15, -0.1) is 0 Å². The number of benzene rings is 1. The standard InChI is InChI=1S/C20H23N5O3/c1-12(2)10-25-19(26)16-7-5-4-6-15(16)17(22-25)20(27)24-9-8-14(11-24)18-21-13(3)23-28-18/h4-7,12,14H,8-11H2,1-3H3. The van der Waals surface area contributed by atoms with Crippen LogP contribution >= 0.6 is 0 Å². The molecule has 0 N–H and O–H groups in total. The quantitative estimate of drug-likeness (QED) is 0.689. The van der Waals surface area contributed by atoms with Crippen LogP contribution in [-0.2, 0) is 6.54 Å². The molecule has 0 radical (unpaired) electrons. The largest absolute Gasteiger partial charge is 0.339 e. The first kappa shape index (κ1) is 18.3. The Bertz CT molecular complexity index is 1080. The van der Waals surface area contributed by atoms with E-state index in [1.807, 2.05) is 26.0 Å². The SMILES string of the molecule is Cc1noc(C2CCN(C(=O)c3nn(CC(C)C)c(=O)c4ccccc34)C2)n1. The minimum absolute atomic E-state index is 0.0259. The van der Waals surface area contributed by atoms with Gasteiger partial charge in [-0.3, -0.25) is 9.59 Å². The summed E-state index contributed by atoms with van der Waals surface area (Å²) in [5.74, 6) is 1.25. The van der Waals surface area contributed by atoms with Gasteiger partial charge < -0.3 is 9.42 Å². The highest BCUT2D eigenvalue weighted by atomic mass is 16.5. The molecule has 0 aliphatic carbocycles. The molecule has 1 aromatic carbocycles. The molecule has 1 fully saturated rings. The Hall–Kier alpha value is -3.03. The number of likely N-dealkylation sites (tertiary alicyclic amines) is 1. The molecule has 1 saturated heterocycles. The van der Waals surface area contributed by atoms with Gasteiger partial charge in [0.1, 0.15) is 0 Å². The van der Waals surface area contributed by atoms with Crippen LogP contribution in [0.4, 0.5) is 0 Å². The number of aromatic nitrogens is 4. The van der Waals surface area contributed by atoms with Crippen molar-refractivity contribution in [3.05, 3.63) is 52.0 Å². The fourth-order valence-electron chi connectivity index (χ4n) is 3.64. The molecule has 3 aromatic rings. The Balaban J connectivity index is 1.69. The van der Waals surface area contributed by atoms with Gasteiger partial charge in [0.05, 0.1) is 11.3 Å². The maximum absolute atomic E-state index is 13.3. The lowest BCUT2D eigenvalue weighted by molar-refractivity contribution is 0.0783. The summed E-state index contributed by atoms with van der Waals surface area (Å²) in [6.45, 7) is 7.36. The number of carbonyl (C=O) groups is 1. The van der Waals surface area contributed by atoms with E-state index in [-0.39, 0.29) is 23.3 Å². The van der Waals surface area contributed by atoms with Crippen LogP contribution in [0.2, 0.25) is 0 Å². The number of hydrogen-bond acceptors (Lipinski definition) is 6. The van der Waals surface area contributed by atoms with E-state index >= 15 is 0 Å². The zero-order valence-electron chi connectivity index (χ0n) is 16.3. The highest BCUT2D eigenvalue weighted by Gasteiger charge is 2.33. The molecule has 0 spiro atoms. The van der Waals surface area contributed by atoms with Crippen molar-refractivity contribution in [3.8, 4) is 0 Å². The van der Waals surface area contributed by atoms with Gasteiger partial charge in [0.25, 0.3) is 11.5 Å². The molecule has 0 saturated carbocycles. The van der Waals surface area contributed by atoms with Crippen molar-refractivity contribution in [2.45, 2.75) is 39.7 Å². The summed E-state index contributed by atoms with van der Waals surface area (Å²) in [6, 6.07) is 7.16. The van der Waals surface area contributed by atoms with E-state index in [4.69, 9.17) is 4.52 Å². The summed E-state index contributed by atoms with van der Waals surface area (Å²) in [5.41, 5.74) is 0.152. The summed E-state index contributed by atoms with van der Waals surface area (Å²) < 4.78 is 6.68. The molecule has 1 aliphatic heterocycles. The van der Waals surface area contributed by atoms with Gasteiger partial charge >= 0.3 is 0 Å². The molecule has 28 heavy (non-hydrogen) atoms. The van der Waals surface area contributed by atoms with Crippen LogP contribution in [0.1, 0.15) is 48.4 Å². The predicted molar refractivity (Wildman–Crippen MR) is 103 cm³/mol. The monoisotopic (exact) mass is 381 g/mol. The number of fused-ring (bicyclic) bond motifs is 1. The first-order valence-corrected chi connectivity index (χ1v) is 9.53. The third-order valence-corrected chi connectivity index (χ3v) is 4.98. The van der Waals surface area contributed by atoms with Crippen molar-refractivity contribution in [1.82, 2.24) is 24.8 Å². The summed E-state index contributed by atoms with van der Waals surface area (Å²) in [4.78, 5) is 32.1. The van der Waals surface area contributed by atoms with Gasteiger partial charge in [-0.25, -0.2) is 4.68 Å².